The van der Waals surface area contributed by atoms with Gasteiger partial charge in [-0.1, -0.05) is 84.9 Å². The Labute approximate surface area is 160 Å². The van der Waals surface area contributed by atoms with Gasteiger partial charge in [-0.3, -0.25) is 0 Å². The van der Waals surface area contributed by atoms with Crippen molar-refractivity contribution in [1.29, 1.82) is 0 Å². The van der Waals surface area contributed by atoms with Crippen LogP contribution in [0.2, 0.25) is 0 Å². The van der Waals surface area contributed by atoms with E-state index in [2.05, 4.69) is 98.8 Å². The summed E-state index contributed by atoms with van der Waals surface area (Å²) in [5.74, 6) is 0. The van der Waals surface area contributed by atoms with E-state index in [1.54, 1.807) is 0 Å². The quantitative estimate of drug-likeness (QED) is 0.289. The van der Waals surface area contributed by atoms with Gasteiger partial charge in [-0.15, -0.1) is 0 Å². The first kappa shape index (κ1) is 15.0. The summed E-state index contributed by atoms with van der Waals surface area (Å²) >= 11 is 0. The molecular weight excluding hydrogens is 324 g/mol. The number of fused-ring (bicyclic) bond motifs is 10. The molecule has 0 N–H and O–H groups in total. The van der Waals surface area contributed by atoms with Gasteiger partial charge < -0.3 is 0 Å². The van der Waals surface area contributed by atoms with E-state index in [0.29, 0.717) is 0 Å². The fourth-order valence-electron chi connectivity index (χ4n) is 5.68. The second-order valence-corrected chi connectivity index (χ2v) is 7.84. The number of hydrogen-bond donors (Lipinski definition) is 0. The molecule has 6 rings (SSSR count). The lowest BCUT2D eigenvalue weighted by Crippen LogP contribution is -2.27. The lowest BCUT2D eigenvalue weighted by molar-refractivity contribution is 0.779. The van der Waals surface area contributed by atoms with Crippen LogP contribution in [0, 0.1) is 13.8 Å². The van der Waals surface area contributed by atoms with Gasteiger partial charge in [0, 0.05) is 0 Å². The summed E-state index contributed by atoms with van der Waals surface area (Å²) < 4.78 is 0. The fourth-order valence-corrected chi connectivity index (χ4v) is 5.68. The zero-order valence-corrected chi connectivity index (χ0v) is 15.6. The standard InChI is InChI=1S/C27H20/c1-17-9-7-13-21-19-11-3-5-15-23(19)27(25(17)21)24-16-6-4-12-20(24)22-14-8-10-18(2)26(22)27/h3-16H,1-2H3. The largest absolute Gasteiger partial charge is 0.0730 e. The molecule has 0 aromatic heterocycles. The van der Waals surface area contributed by atoms with Crippen molar-refractivity contribution in [3.8, 4) is 22.3 Å². The van der Waals surface area contributed by atoms with Gasteiger partial charge in [0.05, 0.1) is 5.41 Å². The maximum atomic E-state index is 2.34. The summed E-state index contributed by atoms with van der Waals surface area (Å²) in [6.07, 6.45) is 0. The molecule has 1 spiro atoms. The minimum Gasteiger partial charge on any atom is -0.0619 e. The Hall–Kier alpha value is -3.12. The van der Waals surface area contributed by atoms with Gasteiger partial charge in [-0.25, -0.2) is 0 Å². The highest BCUT2D eigenvalue weighted by Crippen LogP contribution is 2.63. The van der Waals surface area contributed by atoms with Crippen LogP contribution in [-0.2, 0) is 5.41 Å². The summed E-state index contributed by atoms with van der Waals surface area (Å²) in [5, 5.41) is 0. The Bertz CT molecular complexity index is 1140. The second kappa shape index (κ2) is 4.98. The van der Waals surface area contributed by atoms with Crippen molar-refractivity contribution in [2.75, 3.05) is 0 Å². The summed E-state index contributed by atoms with van der Waals surface area (Å²) in [4.78, 5) is 0. The molecule has 27 heavy (non-hydrogen) atoms. The molecule has 0 amide bonds. The topological polar surface area (TPSA) is 0 Å². The van der Waals surface area contributed by atoms with Crippen LogP contribution < -0.4 is 0 Å². The van der Waals surface area contributed by atoms with Crippen LogP contribution >= 0.6 is 0 Å². The Kier molecular flexibility index (Phi) is 2.77. The van der Waals surface area contributed by atoms with Crippen LogP contribution in [0.3, 0.4) is 0 Å². The van der Waals surface area contributed by atoms with Crippen LogP contribution in [0.15, 0.2) is 84.9 Å². The second-order valence-electron chi connectivity index (χ2n) is 7.84. The molecule has 2 aliphatic carbocycles. The molecule has 0 nitrogen and oxygen atoms in total. The normalized spacial score (nSPS) is 14.6. The Morgan fingerprint density at radius 3 is 1.33 bits per heavy atom. The van der Waals surface area contributed by atoms with Gasteiger partial charge in [0.25, 0.3) is 0 Å². The molecule has 0 radical (unpaired) electrons. The van der Waals surface area contributed by atoms with Gasteiger partial charge in [0.1, 0.15) is 0 Å². The molecule has 0 saturated heterocycles. The van der Waals surface area contributed by atoms with Crippen LogP contribution in [0.4, 0.5) is 0 Å². The van der Waals surface area contributed by atoms with E-state index in [-0.39, 0.29) is 5.41 Å². The minimum atomic E-state index is -0.200. The third-order valence-corrected chi connectivity index (χ3v) is 6.54. The van der Waals surface area contributed by atoms with Gasteiger partial charge in [0.15, 0.2) is 0 Å². The van der Waals surface area contributed by atoms with Crippen molar-refractivity contribution in [3.63, 3.8) is 0 Å². The Morgan fingerprint density at radius 2 is 0.852 bits per heavy atom. The van der Waals surface area contributed by atoms with Crippen molar-refractivity contribution in [2.24, 2.45) is 0 Å². The zero-order valence-electron chi connectivity index (χ0n) is 15.6. The van der Waals surface area contributed by atoms with Crippen LogP contribution in [0.25, 0.3) is 22.3 Å². The van der Waals surface area contributed by atoms with Crippen LogP contribution in [0.1, 0.15) is 33.4 Å². The third-order valence-electron chi connectivity index (χ3n) is 6.54. The predicted molar refractivity (Wildman–Crippen MR) is 112 cm³/mol. The Morgan fingerprint density at radius 1 is 0.444 bits per heavy atom. The van der Waals surface area contributed by atoms with E-state index in [4.69, 9.17) is 0 Å². The maximum absolute atomic E-state index is 2.34. The first-order chi connectivity index (χ1) is 13.2. The summed E-state index contributed by atoms with van der Waals surface area (Å²) in [6, 6.07) is 31.5. The highest BCUT2D eigenvalue weighted by atomic mass is 14.5. The van der Waals surface area contributed by atoms with E-state index in [1.165, 1.54) is 55.6 Å². The van der Waals surface area contributed by atoms with E-state index in [1.807, 2.05) is 0 Å². The predicted octanol–water partition coefficient (Wildman–Crippen LogP) is 6.65. The molecule has 0 aliphatic heterocycles. The number of rotatable bonds is 0. The lowest BCUT2D eigenvalue weighted by atomic mass is 9.68. The van der Waals surface area contributed by atoms with Crippen molar-refractivity contribution >= 4 is 0 Å². The van der Waals surface area contributed by atoms with Gasteiger partial charge in [0.2, 0.25) is 0 Å². The van der Waals surface area contributed by atoms with Crippen LogP contribution in [-0.4, -0.2) is 0 Å². The molecular formula is C27H20. The number of benzene rings is 4. The molecule has 0 unspecified atom stereocenters. The first-order valence-corrected chi connectivity index (χ1v) is 9.64. The highest BCUT2D eigenvalue weighted by Gasteiger charge is 2.52. The van der Waals surface area contributed by atoms with Crippen molar-refractivity contribution in [1.82, 2.24) is 0 Å². The first-order valence-electron chi connectivity index (χ1n) is 9.64. The van der Waals surface area contributed by atoms with E-state index >= 15 is 0 Å². The maximum Gasteiger partial charge on any atom is 0.0730 e. The number of aryl methyl sites for hydroxylation is 2. The fraction of sp³-hybridized carbons (Fsp3) is 0.111. The SMILES string of the molecule is Cc1cccc2c1C1(c3ccccc3-2)c2ccccc2-c2cccc(C)c21. The summed E-state index contributed by atoms with van der Waals surface area (Å²) in [7, 11) is 0. The molecule has 0 bridgehead atoms. The van der Waals surface area contributed by atoms with Crippen molar-refractivity contribution in [3.05, 3.63) is 118 Å². The molecule has 4 aromatic carbocycles. The lowest BCUT2D eigenvalue weighted by Gasteiger charge is -2.32. The summed E-state index contributed by atoms with van der Waals surface area (Å²) in [5.41, 5.74) is 13.8. The van der Waals surface area contributed by atoms with Crippen LogP contribution in [0.5, 0.6) is 0 Å². The van der Waals surface area contributed by atoms with Crippen molar-refractivity contribution in [2.45, 2.75) is 19.3 Å². The van der Waals surface area contributed by atoms with E-state index < -0.39 is 0 Å². The van der Waals surface area contributed by atoms with E-state index in [0.717, 1.165) is 0 Å². The molecule has 0 fully saturated rings. The molecule has 128 valence electrons. The number of hydrogen-bond acceptors (Lipinski definition) is 0. The van der Waals surface area contributed by atoms with Crippen molar-refractivity contribution < 1.29 is 0 Å². The smallest absolute Gasteiger partial charge is 0.0619 e. The minimum absolute atomic E-state index is 0.200. The molecule has 0 saturated carbocycles. The average molecular weight is 344 g/mol. The molecule has 0 atom stereocenters. The van der Waals surface area contributed by atoms with E-state index in [9.17, 15) is 0 Å². The highest BCUT2D eigenvalue weighted by molar-refractivity contribution is 5.96. The molecule has 2 aliphatic rings. The van der Waals surface area contributed by atoms with Gasteiger partial charge in [-0.05, 0) is 69.5 Å². The Balaban J connectivity index is 1.92. The van der Waals surface area contributed by atoms with Gasteiger partial charge in [-0.2, -0.15) is 0 Å². The average Bonchev–Trinajstić information content (AvgIpc) is 3.17. The monoisotopic (exact) mass is 344 g/mol. The zero-order chi connectivity index (χ0) is 18.2. The summed E-state index contributed by atoms with van der Waals surface area (Å²) in [6.45, 7) is 4.54. The third kappa shape index (κ3) is 1.60. The molecule has 4 aromatic rings. The van der Waals surface area contributed by atoms with Gasteiger partial charge >= 0.3 is 0 Å². The molecule has 0 heteroatoms. The molecule has 0 heterocycles.